The molecular weight excluding hydrogens is 264 g/mol. The number of Topliss-reactive ketones (excluding diaryl/α,β-unsaturated/α-hetero) is 1. The molecule has 0 aromatic heterocycles. The number of ether oxygens (including phenoxy) is 2. The smallest absolute Gasteiger partial charge is 0.188 e. The van der Waals surface area contributed by atoms with Crippen LogP contribution in [0, 0.1) is 0 Å². The van der Waals surface area contributed by atoms with Crippen molar-refractivity contribution in [3.05, 3.63) is 71.8 Å². The Kier molecular flexibility index (Phi) is 5.73. The molecule has 0 amide bonds. The zero-order valence-electron chi connectivity index (χ0n) is 12.0. The van der Waals surface area contributed by atoms with E-state index >= 15 is 0 Å². The summed E-state index contributed by atoms with van der Waals surface area (Å²) in [6.45, 7) is 0.488. The first-order valence-electron chi connectivity index (χ1n) is 6.76. The molecule has 108 valence electrons. The summed E-state index contributed by atoms with van der Waals surface area (Å²) >= 11 is 0. The second-order valence-corrected chi connectivity index (χ2v) is 4.48. The normalized spacial score (nSPS) is 10.7. The molecular formula is C18H18O3. The lowest BCUT2D eigenvalue weighted by Crippen LogP contribution is -2.09. The van der Waals surface area contributed by atoms with E-state index in [1.54, 1.807) is 31.4 Å². The van der Waals surface area contributed by atoms with Gasteiger partial charge >= 0.3 is 0 Å². The Morgan fingerprint density at radius 1 is 1.05 bits per heavy atom. The highest BCUT2D eigenvalue weighted by atomic mass is 16.5. The number of hydrogen-bond acceptors (Lipinski definition) is 3. The Bertz CT molecular complexity index is 586. The van der Waals surface area contributed by atoms with E-state index < -0.39 is 0 Å². The van der Waals surface area contributed by atoms with Crippen LogP contribution < -0.4 is 4.74 Å². The van der Waals surface area contributed by atoms with E-state index in [9.17, 15) is 4.79 Å². The number of carbonyl (C=O) groups excluding carboxylic acids is 1. The highest BCUT2D eigenvalue weighted by Gasteiger charge is 2.05. The lowest BCUT2D eigenvalue weighted by atomic mass is 10.1. The molecule has 0 spiro atoms. The third-order valence-electron chi connectivity index (χ3n) is 2.97. The van der Waals surface area contributed by atoms with E-state index in [1.165, 1.54) is 0 Å². The summed E-state index contributed by atoms with van der Waals surface area (Å²) in [5, 5.41) is 0. The van der Waals surface area contributed by atoms with Crippen molar-refractivity contribution in [2.45, 2.75) is 0 Å². The highest BCUT2D eigenvalue weighted by Crippen LogP contribution is 2.11. The van der Waals surface area contributed by atoms with Gasteiger partial charge in [0.05, 0.1) is 13.7 Å². The Morgan fingerprint density at radius 3 is 2.43 bits per heavy atom. The molecule has 0 bridgehead atoms. The van der Waals surface area contributed by atoms with Crippen LogP contribution in [-0.4, -0.2) is 26.1 Å². The summed E-state index contributed by atoms with van der Waals surface area (Å²) < 4.78 is 10.4. The lowest BCUT2D eigenvalue weighted by Gasteiger charge is -2.03. The maximum absolute atomic E-state index is 11.9. The largest absolute Gasteiger partial charge is 0.497 e. The molecule has 0 heterocycles. The summed E-state index contributed by atoms with van der Waals surface area (Å²) in [5.41, 5.74) is 1.74. The highest BCUT2D eigenvalue weighted by molar-refractivity contribution is 5.97. The summed E-state index contributed by atoms with van der Waals surface area (Å²) in [6.07, 6.45) is 3.87. The summed E-state index contributed by atoms with van der Waals surface area (Å²) in [4.78, 5) is 11.9. The predicted octanol–water partition coefficient (Wildman–Crippen LogP) is 3.61. The standard InChI is InChI=1S/C18H18O3/c1-20-17-11-9-16(10-12-17)18(19)14-21-13-5-8-15-6-3-2-4-7-15/h2-12H,13-14H2,1H3. The number of rotatable bonds is 7. The molecule has 0 N–H and O–H groups in total. The van der Waals surface area contributed by atoms with Gasteiger partial charge in [-0.1, -0.05) is 42.5 Å². The average Bonchev–Trinajstić information content (AvgIpc) is 2.55. The van der Waals surface area contributed by atoms with E-state index in [1.807, 2.05) is 42.5 Å². The predicted molar refractivity (Wildman–Crippen MR) is 83.6 cm³/mol. The van der Waals surface area contributed by atoms with E-state index in [-0.39, 0.29) is 12.4 Å². The van der Waals surface area contributed by atoms with E-state index in [0.29, 0.717) is 12.2 Å². The van der Waals surface area contributed by atoms with Gasteiger partial charge < -0.3 is 9.47 Å². The molecule has 0 aliphatic heterocycles. The monoisotopic (exact) mass is 282 g/mol. The molecule has 0 saturated heterocycles. The van der Waals surface area contributed by atoms with Crippen LogP contribution in [0.2, 0.25) is 0 Å². The first-order chi connectivity index (χ1) is 10.3. The van der Waals surface area contributed by atoms with Gasteiger partial charge in [0, 0.05) is 5.56 Å². The first-order valence-corrected chi connectivity index (χ1v) is 6.76. The van der Waals surface area contributed by atoms with Gasteiger partial charge in [-0.15, -0.1) is 0 Å². The van der Waals surface area contributed by atoms with E-state index in [0.717, 1.165) is 11.3 Å². The number of carbonyl (C=O) groups is 1. The van der Waals surface area contributed by atoms with Gasteiger partial charge in [0.15, 0.2) is 5.78 Å². The van der Waals surface area contributed by atoms with Crippen LogP contribution in [0.5, 0.6) is 5.75 Å². The molecule has 0 atom stereocenters. The van der Waals surface area contributed by atoms with Gasteiger partial charge in [0.25, 0.3) is 0 Å². The van der Waals surface area contributed by atoms with Gasteiger partial charge in [-0.3, -0.25) is 4.79 Å². The van der Waals surface area contributed by atoms with Gasteiger partial charge in [0.1, 0.15) is 12.4 Å². The molecule has 21 heavy (non-hydrogen) atoms. The second kappa shape index (κ2) is 8.02. The summed E-state index contributed by atoms with van der Waals surface area (Å²) in [7, 11) is 1.60. The Hall–Kier alpha value is -2.39. The molecule has 2 rings (SSSR count). The fourth-order valence-electron chi connectivity index (χ4n) is 1.83. The van der Waals surface area contributed by atoms with Crippen LogP contribution in [0.1, 0.15) is 15.9 Å². The van der Waals surface area contributed by atoms with Gasteiger partial charge in [0.2, 0.25) is 0 Å². The Labute approximate surface area is 124 Å². The van der Waals surface area contributed by atoms with Crippen LogP contribution in [0.3, 0.4) is 0 Å². The average molecular weight is 282 g/mol. The summed E-state index contributed by atoms with van der Waals surface area (Å²) in [6, 6.07) is 17.0. The SMILES string of the molecule is COc1ccc(C(=O)COCC=Cc2ccccc2)cc1. The van der Waals surface area contributed by atoms with Crippen molar-refractivity contribution < 1.29 is 14.3 Å². The van der Waals surface area contributed by atoms with Crippen molar-refractivity contribution in [3.63, 3.8) is 0 Å². The quantitative estimate of drug-likeness (QED) is 0.575. The third kappa shape index (κ3) is 4.89. The number of methoxy groups -OCH3 is 1. The molecule has 0 radical (unpaired) electrons. The number of ketones is 1. The zero-order valence-corrected chi connectivity index (χ0v) is 12.0. The molecule has 2 aromatic rings. The van der Waals surface area contributed by atoms with Gasteiger partial charge in [-0.05, 0) is 29.8 Å². The molecule has 3 nitrogen and oxygen atoms in total. The Morgan fingerprint density at radius 2 is 1.76 bits per heavy atom. The minimum atomic E-state index is -0.0363. The maximum atomic E-state index is 11.9. The van der Waals surface area contributed by atoms with Crippen molar-refractivity contribution in [2.24, 2.45) is 0 Å². The fourth-order valence-corrected chi connectivity index (χ4v) is 1.83. The fraction of sp³-hybridized carbons (Fsp3) is 0.167. The van der Waals surface area contributed by atoms with Crippen molar-refractivity contribution in [2.75, 3.05) is 20.3 Å². The van der Waals surface area contributed by atoms with Gasteiger partial charge in [-0.2, -0.15) is 0 Å². The maximum Gasteiger partial charge on any atom is 0.188 e. The van der Waals surface area contributed by atoms with Crippen molar-refractivity contribution in [1.29, 1.82) is 0 Å². The molecule has 3 heteroatoms. The van der Waals surface area contributed by atoms with Gasteiger partial charge in [-0.25, -0.2) is 0 Å². The van der Waals surface area contributed by atoms with Crippen LogP contribution >= 0.6 is 0 Å². The Balaban J connectivity index is 1.75. The van der Waals surface area contributed by atoms with Crippen LogP contribution in [-0.2, 0) is 4.74 Å². The molecule has 2 aromatic carbocycles. The number of benzene rings is 2. The lowest BCUT2D eigenvalue weighted by molar-refractivity contribution is 0.0806. The van der Waals surface area contributed by atoms with Crippen molar-refractivity contribution >= 4 is 11.9 Å². The summed E-state index contributed by atoms with van der Waals surface area (Å²) in [5.74, 6) is 0.698. The topological polar surface area (TPSA) is 35.5 Å². The molecule has 0 saturated carbocycles. The zero-order chi connectivity index (χ0) is 14.9. The van der Waals surface area contributed by atoms with Crippen molar-refractivity contribution in [1.82, 2.24) is 0 Å². The second-order valence-electron chi connectivity index (χ2n) is 4.48. The van der Waals surface area contributed by atoms with E-state index in [4.69, 9.17) is 9.47 Å². The van der Waals surface area contributed by atoms with Crippen LogP contribution in [0.15, 0.2) is 60.7 Å². The van der Waals surface area contributed by atoms with Crippen LogP contribution in [0.25, 0.3) is 6.08 Å². The molecule has 0 unspecified atom stereocenters. The third-order valence-corrected chi connectivity index (χ3v) is 2.97. The molecule has 0 fully saturated rings. The first kappa shape index (κ1) is 15.0. The van der Waals surface area contributed by atoms with Crippen LogP contribution in [0.4, 0.5) is 0 Å². The molecule has 0 aliphatic rings. The number of hydrogen-bond donors (Lipinski definition) is 0. The minimum Gasteiger partial charge on any atom is -0.497 e. The minimum absolute atomic E-state index is 0.0363. The van der Waals surface area contributed by atoms with Crippen molar-refractivity contribution in [3.8, 4) is 5.75 Å². The van der Waals surface area contributed by atoms with E-state index in [2.05, 4.69) is 0 Å². The molecule has 0 aliphatic carbocycles.